The van der Waals surface area contributed by atoms with E-state index in [2.05, 4.69) is 10.2 Å². The Kier molecular flexibility index (Phi) is 3.04. The lowest BCUT2D eigenvalue weighted by Crippen LogP contribution is -1.96. The summed E-state index contributed by atoms with van der Waals surface area (Å²) in [5.41, 5.74) is 6.53. The first-order valence-corrected chi connectivity index (χ1v) is 4.94. The van der Waals surface area contributed by atoms with E-state index in [1.807, 2.05) is 12.1 Å². The summed E-state index contributed by atoms with van der Waals surface area (Å²) >= 11 is 0. The molecule has 0 bridgehead atoms. The van der Waals surface area contributed by atoms with Gasteiger partial charge in [0.2, 0.25) is 0 Å². The molecule has 18 heavy (non-hydrogen) atoms. The summed E-state index contributed by atoms with van der Waals surface area (Å²) in [6.07, 6.45) is 1.39. The lowest BCUT2D eigenvalue weighted by Gasteiger charge is -2.07. The van der Waals surface area contributed by atoms with Gasteiger partial charge in [-0.3, -0.25) is 0 Å². The van der Waals surface area contributed by atoms with Crippen molar-refractivity contribution in [3.8, 4) is 23.8 Å². The number of anilines is 1. The molecule has 1 aromatic carbocycles. The molecule has 0 saturated heterocycles. The van der Waals surface area contributed by atoms with Gasteiger partial charge in [-0.25, -0.2) is 0 Å². The van der Waals surface area contributed by atoms with Crippen LogP contribution in [0.3, 0.4) is 0 Å². The van der Waals surface area contributed by atoms with Gasteiger partial charge in [-0.05, 0) is 24.3 Å². The number of ether oxygens (including phenoxy) is 1. The lowest BCUT2D eigenvalue weighted by molar-refractivity contribution is 0.452. The lowest BCUT2D eigenvalue weighted by atomic mass is 10.2. The number of hydrogen-bond acceptors (Lipinski definition) is 6. The SMILES string of the molecule is N#Cc1cc(N)ccc1Oc1nnccc1C#N. The number of aromatic nitrogens is 2. The molecular weight excluding hydrogens is 230 g/mol. The van der Waals surface area contributed by atoms with Crippen LogP contribution >= 0.6 is 0 Å². The second-order valence-electron chi connectivity index (χ2n) is 3.33. The van der Waals surface area contributed by atoms with Crippen LogP contribution in [0.25, 0.3) is 0 Å². The molecule has 1 heterocycles. The minimum absolute atomic E-state index is 0.0567. The van der Waals surface area contributed by atoms with E-state index in [0.717, 1.165) is 0 Å². The molecule has 2 aromatic rings. The van der Waals surface area contributed by atoms with E-state index in [-0.39, 0.29) is 22.8 Å². The second kappa shape index (κ2) is 4.81. The molecule has 0 atom stereocenters. The highest BCUT2D eigenvalue weighted by atomic mass is 16.5. The highest BCUT2D eigenvalue weighted by Gasteiger charge is 2.10. The van der Waals surface area contributed by atoms with Gasteiger partial charge in [-0.2, -0.15) is 15.6 Å². The first-order chi connectivity index (χ1) is 8.74. The molecule has 0 aliphatic carbocycles. The number of nitriles is 2. The maximum absolute atomic E-state index is 8.96. The summed E-state index contributed by atoms with van der Waals surface area (Å²) < 4.78 is 5.40. The molecule has 6 heteroatoms. The molecule has 6 nitrogen and oxygen atoms in total. The van der Waals surface area contributed by atoms with Gasteiger partial charge in [0.15, 0.2) is 0 Å². The fraction of sp³-hybridized carbons (Fsp3) is 0. The maximum atomic E-state index is 8.96. The molecule has 2 N–H and O–H groups in total. The Bertz CT molecular complexity index is 669. The zero-order valence-corrected chi connectivity index (χ0v) is 9.16. The molecule has 2 rings (SSSR count). The fourth-order valence-corrected chi connectivity index (χ4v) is 1.31. The summed E-state index contributed by atoms with van der Waals surface area (Å²) in [5, 5.41) is 25.2. The van der Waals surface area contributed by atoms with Crippen LogP contribution < -0.4 is 10.5 Å². The second-order valence-corrected chi connectivity index (χ2v) is 3.33. The van der Waals surface area contributed by atoms with E-state index in [1.165, 1.54) is 18.3 Å². The number of rotatable bonds is 2. The van der Waals surface area contributed by atoms with Crippen molar-refractivity contribution in [2.75, 3.05) is 5.73 Å². The number of nitrogen functional groups attached to an aromatic ring is 1. The van der Waals surface area contributed by atoms with Crippen molar-refractivity contribution in [1.29, 1.82) is 10.5 Å². The van der Waals surface area contributed by atoms with E-state index >= 15 is 0 Å². The summed E-state index contributed by atoms with van der Waals surface area (Å²) in [5.74, 6) is 0.338. The Morgan fingerprint density at radius 3 is 2.61 bits per heavy atom. The quantitative estimate of drug-likeness (QED) is 0.794. The van der Waals surface area contributed by atoms with Crippen LogP contribution in [0.15, 0.2) is 30.5 Å². The largest absolute Gasteiger partial charge is 0.435 e. The Balaban J connectivity index is 2.41. The fourth-order valence-electron chi connectivity index (χ4n) is 1.31. The van der Waals surface area contributed by atoms with Gasteiger partial charge >= 0.3 is 0 Å². The van der Waals surface area contributed by atoms with Crippen molar-refractivity contribution in [2.24, 2.45) is 0 Å². The highest BCUT2D eigenvalue weighted by Crippen LogP contribution is 2.26. The van der Waals surface area contributed by atoms with Crippen molar-refractivity contribution < 1.29 is 4.74 Å². The van der Waals surface area contributed by atoms with Crippen molar-refractivity contribution in [3.63, 3.8) is 0 Å². The third-order valence-electron chi connectivity index (χ3n) is 2.14. The molecule has 0 aliphatic rings. The van der Waals surface area contributed by atoms with Crippen LogP contribution in [-0.4, -0.2) is 10.2 Å². The molecule has 1 aromatic heterocycles. The number of nitrogens with two attached hydrogens (primary N) is 1. The minimum atomic E-state index is 0.0567. The van der Waals surface area contributed by atoms with Gasteiger partial charge in [0, 0.05) is 5.69 Å². The van der Waals surface area contributed by atoms with Crippen LogP contribution in [0.2, 0.25) is 0 Å². The molecular formula is C12H7N5O. The molecule has 0 saturated carbocycles. The van der Waals surface area contributed by atoms with E-state index in [0.29, 0.717) is 5.69 Å². The summed E-state index contributed by atoms with van der Waals surface area (Å²) in [7, 11) is 0. The Hall–Kier alpha value is -3.12. The molecule has 0 fully saturated rings. The van der Waals surface area contributed by atoms with Crippen molar-refractivity contribution in [2.45, 2.75) is 0 Å². The standard InChI is InChI=1S/C12H7N5O/c13-6-8-3-4-16-17-12(8)18-11-2-1-10(15)5-9(11)7-14/h1-5H,15H2. The third kappa shape index (κ3) is 2.18. The van der Waals surface area contributed by atoms with Crippen molar-refractivity contribution in [1.82, 2.24) is 10.2 Å². The van der Waals surface area contributed by atoms with Gasteiger partial charge < -0.3 is 10.5 Å². The number of benzene rings is 1. The van der Waals surface area contributed by atoms with Crippen LogP contribution in [0, 0.1) is 22.7 Å². The summed E-state index contributed by atoms with van der Waals surface area (Å²) in [6.45, 7) is 0. The smallest absolute Gasteiger partial charge is 0.257 e. The molecule has 0 unspecified atom stereocenters. The molecule has 0 aliphatic heterocycles. The highest BCUT2D eigenvalue weighted by molar-refractivity contribution is 5.54. The molecule has 0 radical (unpaired) electrons. The monoisotopic (exact) mass is 237 g/mol. The molecule has 0 amide bonds. The van der Waals surface area contributed by atoms with Crippen molar-refractivity contribution >= 4 is 5.69 Å². The first-order valence-electron chi connectivity index (χ1n) is 4.94. The van der Waals surface area contributed by atoms with Gasteiger partial charge in [0.1, 0.15) is 23.5 Å². The maximum Gasteiger partial charge on any atom is 0.257 e. The van der Waals surface area contributed by atoms with E-state index in [1.54, 1.807) is 12.1 Å². The molecule has 0 spiro atoms. The zero-order valence-electron chi connectivity index (χ0n) is 9.16. The predicted octanol–water partition coefficient (Wildman–Crippen LogP) is 1.59. The summed E-state index contributed by atoms with van der Waals surface area (Å²) in [4.78, 5) is 0. The Morgan fingerprint density at radius 1 is 1.11 bits per heavy atom. The average Bonchev–Trinajstić information content (AvgIpc) is 2.41. The van der Waals surface area contributed by atoms with Gasteiger partial charge in [-0.15, -0.1) is 5.10 Å². The van der Waals surface area contributed by atoms with Gasteiger partial charge in [0.25, 0.3) is 5.88 Å². The van der Waals surface area contributed by atoms with E-state index < -0.39 is 0 Å². The van der Waals surface area contributed by atoms with E-state index in [4.69, 9.17) is 21.0 Å². The van der Waals surface area contributed by atoms with Crippen LogP contribution in [0.1, 0.15) is 11.1 Å². The predicted molar refractivity (Wildman–Crippen MR) is 62.4 cm³/mol. The minimum Gasteiger partial charge on any atom is -0.435 e. The zero-order chi connectivity index (χ0) is 13.0. The van der Waals surface area contributed by atoms with Gasteiger partial charge in [-0.1, -0.05) is 0 Å². The van der Waals surface area contributed by atoms with Crippen LogP contribution in [0.5, 0.6) is 11.6 Å². The molecule has 86 valence electrons. The Labute approximate surface area is 103 Å². The van der Waals surface area contributed by atoms with Crippen molar-refractivity contribution in [3.05, 3.63) is 41.6 Å². The number of nitrogens with zero attached hydrogens (tertiary/aromatic N) is 4. The number of hydrogen-bond donors (Lipinski definition) is 1. The van der Waals surface area contributed by atoms with Crippen LogP contribution in [0.4, 0.5) is 5.69 Å². The summed E-state index contributed by atoms with van der Waals surface area (Å²) in [6, 6.07) is 9.99. The average molecular weight is 237 g/mol. The van der Waals surface area contributed by atoms with E-state index in [9.17, 15) is 0 Å². The normalized spacial score (nSPS) is 9.22. The third-order valence-corrected chi connectivity index (χ3v) is 2.14. The van der Waals surface area contributed by atoms with Gasteiger partial charge in [0.05, 0.1) is 11.8 Å². The topological polar surface area (TPSA) is 109 Å². The first kappa shape index (κ1) is 11.4. The Morgan fingerprint density at radius 2 is 1.89 bits per heavy atom. The van der Waals surface area contributed by atoms with Crippen LogP contribution in [-0.2, 0) is 0 Å².